The van der Waals surface area contributed by atoms with Crippen molar-refractivity contribution < 1.29 is 9.90 Å². The number of carbonyl (C=O) groups excluding carboxylic acids is 1. The van der Waals surface area contributed by atoms with Gasteiger partial charge in [0, 0.05) is 13.2 Å². The minimum Gasteiger partial charge on any atom is -0.506 e. The average molecular weight is 296 g/mol. The van der Waals surface area contributed by atoms with Gasteiger partial charge in [-0.3, -0.25) is 9.48 Å². The Kier molecular flexibility index (Phi) is 3.14. The van der Waals surface area contributed by atoms with E-state index in [1.165, 1.54) is 10.7 Å². The van der Waals surface area contributed by atoms with Crippen molar-refractivity contribution in [3.8, 4) is 5.75 Å². The van der Waals surface area contributed by atoms with Gasteiger partial charge in [-0.1, -0.05) is 12.1 Å². The molecule has 2 aromatic rings. The molecule has 0 saturated carbocycles. The number of benzene rings is 1. The molecule has 0 spiro atoms. The maximum Gasteiger partial charge on any atom is 0.277 e. The lowest BCUT2D eigenvalue weighted by Gasteiger charge is -2.05. The van der Waals surface area contributed by atoms with E-state index in [2.05, 4.69) is 26.3 Å². The molecule has 5 nitrogen and oxygen atoms in total. The Hall–Kier alpha value is -1.82. The second-order valence-corrected chi connectivity index (χ2v) is 4.32. The van der Waals surface area contributed by atoms with Crippen molar-refractivity contribution in [2.24, 2.45) is 7.05 Å². The van der Waals surface area contributed by atoms with Crippen LogP contribution in [0.2, 0.25) is 0 Å². The summed E-state index contributed by atoms with van der Waals surface area (Å²) in [6.07, 6.45) is 1.68. The number of amides is 1. The topological polar surface area (TPSA) is 67.2 Å². The van der Waals surface area contributed by atoms with E-state index in [-0.39, 0.29) is 17.4 Å². The maximum atomic E-state index is 11.9. The molecular formula is C11H10BrN3O2. The van der Waals surface area contributed by atoms with E-state index < -0.39 is 0 Å². The predicted octanol–water partition coefficient (Wildman–Crippen LogP) is 2.14. The van der Waals surface area contributed by atoms with Gasteiger partial charge in [-0.15, -0.1) is 0 Å². The second-order valence-electron chi connectivity index (χ2n) is 3.47. The van der Waals surface area contributed by atoms with Gasteiger partial charge in [0.1, 0.15) is 5.75 Å². The number of phenols is 1. The van der Waals surface area contributed by atoms with Gasteiger partial charge in [0.2, 0.25) is 0 Å². The van der Waals surface area contributed by atoms with Gasteiger partial charge in [0.15, 0.2) is 5.69 Å². The van der Waals surface area contributed by atoms with Crippen molar-refractivity contribution in [3.63, 3.8) is 0 Å². The number of nitrogens with one attached hydrogen (secondary N) is 1. The van der Waals surface area contributed by atoms with E-state index in [1.54, 1.807) is 31.4 Å². The van der Waals surface area contributed by atoms with Crippen LogP contribution < -0.4 is 5.32 Å². The molecule has 0 aliphatic heterocycles. The predicted molar refractivity (Wildman–Crippen MR) is 67.0 cm³/mol. The van der Waals surface area contributed by atoms with Crippen molar-refractivity contribution in [3.05, 3.63) is 40.6 Å². The SMILES string of the molecule is Cn1cc(Br)c(C(=O)Nc2ccccc2O)n1. The Morgan fingerprint density at radius 3 is 2.76 bits per heavy atom. The highest BCUT2D eigenvalue weighted by atomic mass is 79.9. The van der Waals surface area contributed by atoms with Gasteiger partial charge in [-0.25, -0.2) is 0 Å². The lowest BCUT2D eigenvalue weighted by Crippen LogP contribution is -2.13. The van der Waals surface area contributed by atoms with Crippen LogP contribution in [0.1, 0.15) is 10.5 Å². The Bertz CT molecular complexity index is 566. The first-order chi connectivity index (χ1) is 8.08. The average Bonchev–Trinajstić information content (AvgIpc) is 2.61. The molecule has 1 heterocycles. The number of halogens is 1. The molecule has 1 amide bonds. The number of nitrogens with zero attached hydrogens (tertiary/aromatic N) is 2. The lowest BCUT2D eigenvalue weighted by molar-refractivity contribution is 0.102. The van der Waals surface area contributed by atoms with Gasteiger partial charge >= 0.3 is 0 Å². The van der Waals surface area contributed by atoms with Crippen molar-refractivity contribution in [1.82, 2.24) is 9.78 Å². The maximum absolute atomic E-state index is 11.9. The number of aromatic nitrogens is 2. The molecule has 17 heavy (non-hydrogen) atoms. The fourth-order valence-corrected chi connectivity index (χ4v) is 1.93. The molecule has 0 fully saturated rings. The van der Waals surface area contributed by atoms with Gasteiger partial charge in [0.25, 0.3) is 5.91 Å². The van der Waals surface area contributed by atoms with E-state index in [0.29, 0.717) is 10.2 Å². The van der Waals surface area contributed by atoms with E-state index in [4.69, 9.17) is 0 Å². The number of para-hydroxylation sites is 2. The number of hydrogen-bond donors (Lipinski definition) is 2. The van der Waals surface area contributed by atoms with Crippen LogP contribution in [0.5, 0.6) is 5.75 Å². The fourth-order valence-electron chi connectivity index (χ4n) is 1.37. The number of rotatable bonds is 2. The summed E-state index contributed by atoms with van der Waals surface area (Å²) < 4.78 is 2.14. The molecule has 2 N–H and O–H groups in total. The smallest absolute Gasteiger partial charge is 0.277 e. The van der Waals surface area contributed by atoms with Crippen LogP contribution in [0.15, 0.2) is 34.9 Å². The third-order valence-corrected chi connectivity index (χ3v) is 2.73. The van der Waals surface area contributed by atoms with E-state index in [1.807, 2.05) is 0 Å². The summed E-state index contributed by atoms with van der Waals surface area (Å²) >= 11 is 3.24. The number of aryl methyl sites for hydroxylation is 1. The third kappa shape index (κ3) is 2.47. The molecule has 0 radical (unpaired) electrons. The number of phenolic OH excluding ortho intramolecular Hbond substituents is 1. The van der Waals surface area contributed by atoms with Crippen molar-refractivity contribution in [2.45, 2.75) is 0 Å². The molecule has 0 aliphatic rings. The summed E-state index contributed by atoms with van der Waals surface area (Å²) in [4.78, 5) is 11.9. The van der Waals surface area contributed by atoms with E-state index >= 15 is 0 Å². The molecule has 2 rings (SSSR count). The molecule has 0 atom stereocenters. The van der Waals surface area contributed by atoms with Crippen molar-refractivity contribution >= 4 is 27.5 Å². The minimum absolute atomic E-state index is 0.0212. The summed E-state index contributed by atoms with van der Waals surface area (Å²) in [6, 6.07) is 6.53. The zero-order valence-corrected chi connectivity index (χ0v) is 10.6. The first kappa shape index (κ1) is 11.7. The summed E-state index contributed by atoms with van der Waals surface area (Å²) in [5.74, 6) is -0.355. The van der Waals surface area contributed by atoms with Crippen LogP contribution in [-0.2, 0) is 7.05 Å². The number of hydrogen-bond acceptors (Lipinski definition) is 3. The molecule has 88 valence electrons. The van der Waals surface area contributed by atoms with Crippen LogP contribution in [0, 0.1) is 0 Å². The zero-order valence-electron chi connectivity index (χ0n) is 9.01. The molecular weight excluding hydrogens is 286 g/mol. The molecule has 6 heteroatoms. The number of anilines is 1. The summed E-state index contributed by atoms with van der Waals surface area (Å²) in [6.45, 7) is 0. The number of aromatic hydroxyl groups is 1. The normalized spacial score (nSPS) is 10.2. The Morgan fingerprint density at radius 1 is 1.47 bits per heavy atom. The lowest BCUT2D eigenvalue weighted by atomic mass is 10.3. The van der Waals surface area contributed by atoms with E-state index in [0.717, 1.165) is 0 Å². The van der Waals surface area contributed by atoms with Crippen LogP contribution >= 0.6 is 15.9 Å². The third-order valence-electron chi connectivity index (χ3n) is 2.15. The Morgan fingerprint density at radius 2 is 2.18 bits per heavy atom. The van der Waals surface area contributed by atoms with Crippen LogP contribution in [0.25, 0.3) is 0 Å². The highest BCUT2D eigenvalue weighted by Gasteiger charge is 2.15. The fraction of sp³-hybridized carbons (Fsp3) is 0.0909. The van der Waals surface area contributed by atoms with Crippen LogP contribution in [-0.4, -0.2) is 20.8 Å². The Balaban J connectivity index is 2.23. The van der Waals surface area contributed by atoms with Crippen molar-refractivity contribution in [1.29, 1.82) is 0 Å². The second kappa shape index (κ2) is 4.58. The Labute approximate surface area is 106 Å². The highest BCUT2D eigenvalue weighted by molar-refractivity contribution is 9.10. The molecule has 1 aromatic heterocycles. The van der Waals surface area contributed by atoms with E-state index in [9.17, 15) is 9.90 Å². The molecule has 0 saturated heterocycles. The van der Waals surface area contributed by atoms with Gasteiger partial charge < -0.3 is 10.4 Å². The minimum atomic E-state index is -0.376. The summed E-state index contributed by atoms with van der Waals surface area (Å²) in [5.41, 5.74) is 0.630. The molecule has 1 aromatic carbocycles. The largest absolute Gasteiger partial charge is 0.506 e. The van der Waals surface area contributed by atoms with Gasteiger partial charge in [0.05, 0.1) is 10.2 Å². The molecule has 0 unspecified atom stereocenters. The van der Waals surface area contributed by atoms with Crippen molar-refractivity contribution in [2.75, 3.05) is 5.32 Å². The van der Waals surface area contributed by atoms with Gasteiger partial charge in [-0.05, 0) is 28.1 Å². The van der Waals surface area contributed by atoms with Crippen LogP contribution in [0.4, 0.5) is 5.69 Å². The quantitative estimate of drug-likeness (QED) is 0.834. The summed E-state index contributed by atoms with van der Waals surface area (Å²) in [7, 11) is 1.72. The first-order valence-electron chi connectivity index (χ1n) is 4.86. The monoisotopic (exact) mass is 295 g/mol. The standard InChI is InChI=1S/C11H10BrN3O2/c1-15-6-7(12)10(14-15)11(17)13-8-4-2-3-5-9(8)16/h2-6,16H,1H3,(H,13,17). The number of carbonyl (C=O) groups is 1. The van der Waals surface area contributed by atoms with Gasteiger partial charge in [-0.2, -0.15) is 5.10 Å². The summed E-state index contributed by atoms with van der Waals surface area (Å²) in [5, 5.41) is 16.1. The zero-order chi connectivity index (χ0) is 12.4. The first-order valence-corrected chi connectivity index (χ1v) is 5.65. The molecule has 0 aliphatic carbocycles. The highest BCUT2D eigenvalue weighted by Crippen LogP contribution is 2.23. The van der Waals surface area contributed by atoms with Crippen LogP contribution in [0.3, 0.4) is 0 Å². The molecule has 0 bridgehead atoms.